The number of carbonyl (C=O) groups is 1. The van der Waals surface area contributed by atoms with Gasteiger partial charge < -0.3 is 15.3 Å². The summed E-state index contributed by atoms with van der Waals surface area (Å²) in [6.45, 7) is 4.10. The molecule has 0 radical (unpaired) electrons. The molecule has 0 spiro atoms. The van der Waals surface area contributed by atoms with Gasteiger partial charge in [-0.1, -0.05) is 0 Å². The van der Waals surface area contributed by atoms with Crippen LogP contribution in [0.15, 0.2) is 0 Å². The van der Waals surface area contributed by atoms with Gasteiger partial charge in [0, 0.05) is 25.0 Å². The van der Waals surface area contributed by atoms with Gasteiger partial charge in [0.15, 0.2) is 0 Å². The highest BCUT2D eigenvalue weighted by atomic mass is 16.3. The van der Waals surface area contributed by atoms with Crippen LogP contribution in [0.5, 0.6) is 0 Å². The fourth-order valence-corrected chi connectivity index (χ4v) is 3.00. The molecule has 0 bridgehead atoms. The number of carbonyl (C=O) groups excluding carboxylic acids is 1. The first-order valence-electron chi connectivity index (χ1n) is 6.86. The third-order valence-electron chi connectivity index (χ3n) is 3.97. The second kappa shape index (κ2) is 5.83. The zero-order valence-electron chi connectivity index (χ0n) is 10.7. The third kappa shape index (κ3) is 3.68. The minimum absolute atomic E-state index is 0.0994. The Bertz CT molecular complexity index is 268. The molecular formula is C13H24N2O2. The molecule has 3 atom stereocenters. The first-order valence-corrected chi connectivity index (χ1v) is 6.86. The fraction of sp³-hybridized carbons (Fsp3) is 0.923. The summed E-state index contributed by atoms with van der Waals surface area (Å²) in [7, 11) is 0. The molecule has 0 aromatic heterocycles. The van der Waals surface area contributed by atoms with Crippen LogP contribution in [0.25, 0.3) is 0 Å². The number of nitrogens with one attached hydrogen (secondary N) is 1. The minimum atomic E-state index is -0.377. The molecule has 2 aliphatic heterocycles. The smallest absolute Gasteiger partial charge is 0.220 e. The number of piperidine rings is 1. The second-order valence-electron chi connectivity index (χ2n) is 5.51. The summed E-state index contributed by atoms with van der Waals surface area (Å²) in [6.07, 6.45) is 5.43. The van der Waals surface area contributed by atoms with Gasteiger partial charge in [0.05, 0.1) is 6.10 Å². The Morgan fingerprint density at radius 1 is 1.47 bits per heavy atom. The van der Waals surface area contributed by atoms with Gasteiger partial charge >= 0.3 is 0 Å². The Hall–Kier alpha value is -0.610. The Labute approximate surface area is 103 Å². The van der Waals surface area contributed by atoms with Crippen molar-refractivity contribution < 1.29 is 9.90 Å². The van der Waals surface area contributed by atoms with Crippen molar-refractivity contribution in [1.29, 1.82) is 0 Å². The van der Waals surface area contributed by atoms with Crippen molar-refractivity contribution in [3.05, 3.63) is 0 Å². The number of fused-ring (bicyclic) bond motifs is 1. The Kier molecular flexibility index (Phi) is 4.40. The lowest BCUT2D eigenvalue weighted by atomic mass is 9.97. The number of rotatable bonds is 4. The molecule has 0 aromatic rings. The fourth-order valence-electron chi connectivity index (χ4n) is 3.00. The molecule has 2 saturated heterocycles. The maximum atomic E-state index is 11.7. The van der Waals surface area contributed by atoms with E-state index in [2.05, 4.69) is 10.2 Å². The van der Waals surface area contributed by atoms with Gasteiger partial charge in [-0.15, -0.1) is 0 Å². The van der Waals surface area contributed by atoms with E-state index in [-0.39, 0.29) is 12.0 Å². The Balaban J connectivity index is 1.70. The van der Waals surface area contributed by atoms with Crippen LogP contribution in [0.1, 0.15) is 45.4 Å². The lowest BCUT2D eigenvalue weighted by Gasteiger charge is -2.35. The summed E-state index contributed by atoms with van der Waals surface area (Å²) >= 11 is 0. The number of hydrogen-bond donors (Lipinski definition) is 2. The zero-order chi connectivity index (χ0) is 12.3. The lowest BCUT2D eigenvalue weighted by molar-refractivity contribution is -0.122. The molecule has 0 saturated carbocycles. The van der Waals surface area contributed by atoms with E-state index in [0.29, 0.717) is 24.9 Å². The Morgan fingerprint density at radius 3 is 3.06 bits per heavy atom. The SMILES string of the molecule is CC(O)CCC(=O)NC1CCN2CCCC2C1. The van der Waals surface area contributed by atoms with E-state index >= 15 is 0 Å². The molecule has 2 aliphatic rings. The normalized spacial score (nSPS) is 30.9. The highest BCUT2D eigenvalue weighted by Crippen LogP contribution is 2.26. The summed E-state index contributed by atoms with van der Waals surface area (Å²) in [6, 6.07) is 1.06. The van der Waals surface area contributed by atoms with Gasteiger partial charge in [0.25, 0.3) is 0 Å². The van der Waals surface area contributed by atoms with Gasteiger partial charge in [-0.2, -0.15) is 0 Å². The molecule has 2 rings (SSSR count). The molecule has 2 N–H and O–H groups in total. The van der Waals surface area contributed by atoms with Crippen LogP contribution in [0.3, 0.4) is 0 Å². The molecule has 17 heavy (non-hydrogen) atoms. The summed E-state index contributed by atoms with van der Waals surface area (Å²) in [5.74, 6) is 0.0994. The van der Waals surface area contributed by atoms with Crippen LogP contribution in [0, 0.1) is 0 Å². The Morgan fingerprint density at radius 2 is 2.29 bits per heavy atom. The molecule has 0 aromatic carbocycles. The summed E-state index contributed by atoms with van der Waals surface area (Å²) in [4.78, 5) is 14.2. The number of aliphatic hydroxyl groups excluding tert-OH is 1. The second-order valence-corrected chi connectivity index (χ2v) is 5.51. The first kappa shape index (κ1) is 12.8. The summed E-state index contributed by atoms with van der Waals surface area (Å²) in [5.41, 5.74) is 0. The largest absolute Gasteiger partial charge is 0.393 e. The van der Waals surface area contributed by atoms with E-state index in [4.69, 9.17) is 5.11 Å². The molecule has 0 aliphatic carbocycles. The zero-order valence-corrected chi connectivity index (χ0v) is 10.7. The number of hydrogen-bond acceptors (Lipinski definition) is 3. The predicted octanol–water partition coefficient (Wildman–Crippen LogP) is 0.890. The number of aliphatic hydroxyl groups is 1. The maximum Gasteiger partial charge on any atom is 0.220 e. The van der Waals surface area contributed by atoms with Gasteiger partial charge in [0.1, 0.15) is 0 Å². The van der Waals surface area contributed by atoms with Crippen LogP contribution >= 0.6 is 0 Å². The van der Waals surface area contributed by atoms with Gasteiger partial charge in [-0.25, -0.2) is 0 Å². The van der Waals surface area contributed by atoms with Crippen LogP contribution < -0.4 is 5.32 Å². The van der Waals surface area contributed by atoms with E-state index in [9.17, 15) is 4.79 Å². The summed E-state index contributed by atoms with van der Waals surface area (Å²) in [5, 5.41) is 12.3. The maximum absolute atomic E-state index is 11.7. The van der Waals surface area contributed by atoms with Crippen molar-refractivity contribution in [1.82, 2.24) is 10.2 Å². The molecule has 2 heterocycles. The average Bonchev–Trinajstić information content (AvgIpc) is 2.73. The summed E-state index contributed by atoms with van der Waals surface area (Å²) < 4.78 is 0. The lowest BCUT2D eigenvalue weighted by Crippen LogP contribution is -2.47. The van der Waals surface area contributed by atoms with Crippen molar-refractivity contribution >= 4 is 5.91 Å². The van der Waals surface area contributed by atoms with Gasteiger partial charge in [-0.3, -0.25) is 4.79 Å². The first-order chi connectivity index (χ1) is 8.15. The minimum Gasteiger partial charge on any atom is -0.393 e. The molecule has 3 unspecified atom stereocenters. The topological polar surface area (TPSA) is 52.6 Å². The van der Waals surface area contributed by atoms with Gasteiger partial charge in [0.2, 0.25) is 5.91 Å². The molecule has 1 amide bonds. The molecule has 2 fully saturated rings. The van der Waals surface area contributed by atoms with E-state index in [1.54, 1.807) is 6.92 Å². The molecular weight excluding hydrogens is 216 g/mol. The van der Waals surface area contributed by atoms with Crippen LogP contribution in [0.4, 0.5) is 0 Å². The van der Waals surface area contributed by atoms with Crippen molar-refractivity contribution in [3.63, 3.8) is 0 Å². The molecule has 4 heteroatoms. The van der Waals surface area contributed by atoms with Gasteiger partial charge in [-0.05, 0) is 45.6 Å². The molecule has 98 valence electrons. The van der Waals surface area contributed by atoms with E-state index < -0.39 is 0 Å². The van der Waals surface area contributed by atoms with Crippen LogP contribution in [-0.2, 0) is 4.79 Å². The quantitative estimate of drug-likeness (QED) is 0.767. The van der Waals surface area contributed by atoms with Crippen LogP contribution in [0.2, 0.25) is 0 Å². The van der Waals surface area contributed by atoms with Crippen molar-refractivity contribution in [2.75, 3.05) is 13.1 Å². The van der Waals surface area contributed by atoms with Crippen molar-refractivity contribution in [2.24, 2.45) is 0 Å². The van der Waals surface area contributed by atoms with E-state index in [1.165, 1.54) is 19.4 Å². The van der Waals surface area contributed by atoms with E-state index in [1.807, 2.05) is 0 Å². The molecule has 4 nitrogen and oxygen atoms in total. The number of nitrogens with zero attached hydrogens (tertiary/aromatic N) is 1. The van der Waals surface area contributed by atoms with Crippen molar-refractivity contribution in [2.45, 2.75) is 63.6 Å². The standard InChI is InChI=1S/C13H24N2O2/c1-10(16)4-5-13(17)14-11-6-8-15-7-2-3-12(15)9-11/h10-12,16H,2-9H2,1H3,(H,14,17). The average molecular weight is 240 g/mol. The highest BCUT2D eigenvalue weighted by molar-refractivity contribution is 5.76. The van der Waals surface area contributed by atoms with Crippen molar-refractivity contribution in [3.8, 4) is 0 Å². The highest BCUT2D eigenvalue weighted by Gasteiger charge is 2.31. The third-order valence-corrected chi connectivity index (χ3v) is 3.97. The predicted molar refractivity (Wildman–Crippen MR) is 66.7 cm³/mol. The monoisotopic (exact) mass is 240 g/mol. The van der Waals surface area contributed by atoms with E-state index in [0.717, 1.165) is 19.4 Å². The van der Waals surface area contributed by atoms with Crippen LogP contribution in [-0.4, -0.2) is 47.2 Å². The number of amides is 1.